The molecule has 0 aliphatic rings. The van der Waals surface area contributed by atoms with E-state index in [1.165, 1.54) is 0 Å². The zero-order valence-corrected chi connectivity index (χ0v) is 7.77. The van der Waals surface area contributed by atoms with Gasteiger partial charge in [-0.15, -0.1) is 0 Å². The molecule has 1 heterocycles. The van der Waals surface area contributed by atoms with E-state index in [4.69, 9.17) is 10.2 Å². The smallest absolute Gasteiger partial charge is 0.408 e. The number of benzene rings is 1. The first-order chi connectivity index (χ1) is 6.83. The van der Waals surface area contributed by atoms with Crippen LogP contribution in [0.4, 0.5) is 0 Å². The second-order valence-electron chi connectivity index (χ2n) is 3.13. The molecule has 0 aliphatic carbocycles. The third-order valence-electron chi connectivity index (χ3n) is 2.16. The van der Waals surface area contributed by atoms with Crippen LogP contribution in [0.5, 0.6) is 0 Å². The van der Waals surface area contributed by atoms with E-state index in [9.17, 15) is 4.79 Å². The number of aryl methyl sites for hydroxylation is 1. The molecule has 0 atom stereocenters. The second-order valence-corrected chi connectivity index (χ2v) is 3.13. The van der Waals surface area contributed by atoms with Gasteiger partial charge < -0.3 is 10.2 Å². The van der Waals surface area contributed by atoms with E-state index in [0.29, 0.717) is 18.7 Å². The largest absolute Gasteiger partial charge is 0.419 e. The minimum absolute atomic E-state index is 0.306. The van der Waals surface area contributed by atoms with E-state index < -0.39 is 0 Å². The van der Waals surface area contributed by atoms with Gasteiger partial charge in [-0.05, 0) is 25.1 Å². The van der Waals surface area contributed by atoms with Gasteiger partial charge in [-0.25, -0.2) is 4.79 Å². The number of nitrogens with zero attached hydrogens (tertiary/aromatic N) is 1. The molecule has 4 heteroatoms. The third-order valence-corrected chi connectivity index (χ3v) is 2.16. The van der Waals surface area contributed by atoms with E-state index in [2.05, 4.69) is 0 Å². The van der Waals surface area contributed by atoms with Crippen molar-refractivity contribution >= 4 is 11.1 Å². The molecular weight excluding hydrogens is 180 g/mol. The van der Waals surface area contributed by atoms with Crippen LogP contribution in [0.3, 0.4) is 0 Å². The van der Waals surface area contributed by atoms with Gasteiger partial charge in [0.05, 0.1) is 5.52 Å². The molecule has 1 aromatic carbocycles. The minimum Gasteiger partial charge on any atom is -0.408 e. The number of nitrogens with two attached hydrogens (primary N) is 1. The van der Waals surface area contributed by atoms with Crippen molar-refractivity contribution in [1.29, 1.82) is 0 Å². The fourth-order valence-electron chi connectivity index (χ4n) is 1.48. The highest BCUT2D eigenvalue weighted by Crippen LogP contribution is 2.11. The summed E-state index contributed by atoms with van der Waals surface area (Å²) in [5, 5.41) is 0. The summed E-state index contributed by atoms with van der Waals surface area (Å²) in [7, 11) is 0. The Hall–Kier alpha value is -1.55. The SMILES string of the molecule is NCCCn1c(=O)oc2ccccc21. The number of fused-ring (bicyclic) bond motifs is 1. The van der Waals surface area contributed by atoms with E-state index in [0.717, 1.165) is 11.9 Å². The summed E-state index contributed by atoms with van der Waals surface area (Å²) in [6.45, 7) is 1.19. The quantitative estimate of drug-likeness (QED) is 0.787. The molecule has 0 spiro atoms. The lowest BCUT2D eigenvalue weighted by atomic mass is 10.3. The topological polar surface area (TPSA) is 61.2 Å². The molecule has 0 fully saturated rings. The first kappa shape index (κ1) is 9.02. The van der Waals surface area contributed by atoms with E-state index in [1.54, 1.807) is 10.6 Å². The molecular formula is C10H12N2O2. The number of rotatable bonds is 3. The zero-order chi connectivity index (χ0) is 9.97. The maximum absolute atomic E-state index is 11.4. The van der Waals surface area contributed by atoms with Crippen molar-refractivity contribution in [1.82, 2.24) is 4.57 Å². The number of para-hydroxylation sites is 2. The summed E-state index contributed by atoms with van der Waals surface area (Å²) in [5.41, 5.74) is 6.87. The Morgan fingerprint density at radius 1 is 1.36 bits per heavy atom. The standard InChI is InChI=1S/C10H12N2O2/c11-6-3-7-12-8-4-1-2-5-9(8)14-10(12)13/h1-2,4-5H,3,6-7,11H2. The Morgan fingerprint density at radius 2 is 2.14 bits per heavy atom. The van der Waals surface area contributed by atoms with Crippen LogP contribution in [-0.2, 0) is 6.54 Å². The molecule has 2 aromatic rings. The Labute approximate surface area is 80.9 Å². The van der Waals surface area contributed by atoms with Crippen LogP contribution in [0.25, 0.3) is 11.1 Å². The number of hydrogen-bond donors (Lipinski definition) is 1. The average Bonchev–Trinajstić information content (AvgIpc) is 2.51. The Kier molecular flexibility index (Phi) is 2.37. The van der Waals surface area contributed by atoms with Crippen LogP contribution in [0.15, 0.2) is 33.5 Å². The van der Waals surface area contributed by atoms with Gasteiger partial charge in [-0.3, -0.25) is 4.57 Å². The van der Waals surface area contributed by atoms with Gasteiger partial charge >= 0.3 is 5.76 Å². The van der Waals surface area contributed by atoms with E-state index in [1.807, 2.05) is 18.2 Å². The zero-order valence-electron chi connectivity index (χ0n) is 7.77. The summed E-state index contributed by atoms with van der Waals surface area (Å²) in [6.07, 6.45) is 0.781. The number of aromatic nitrogens is 1. The average molecular weight is 192 g/mol. The molecule has 14 heavy (non-hydrogen) atoms. The monoisotopic (exact) mass is 192 g/mol. The summed E-state index contributed by atoms with van der Waals surface area (Å²) in [5.74, 6) is -0.306. The molecule has 0 bridgehead atoms. The van der Waals surface area contributed by atoms with Gasteiger partial charge in [0.1, 0.15) is 0 Å². The Bertz CT molecular complexity index is 484. The van der Waals surface area contributed by atoms with Gasteiger partial charge in [0.2, 0.25) is 0 Å². The van der Waals surface area contributed by atoms with Crippen LogP contribution < -0.4 is 11.5 Å². The van der Waals surface area contributed by atoms with Crippen molar-refractivity contribution in [2.75, 3.05) is 6.54 Å². The van der Waals surface area contributed by atoms with Crippen molar-refractivity contribution in [3.05, 3.63) is 34.8 Å². The fourth-order valence-corrected chi connectivity index (χ4v) is 1.48. The van der Waals surface area contributed by atoms with Gasteiger partial charge in [-0.2, -0.15) is 0 Å². The van der Waals surface area contributed by atoms with Gasteiger partial charge in [0.25, 0.3) is 0 Å². The lowest BCUT2D eigenvalue weighted by molar-refractivity contribution is 0.499. The number of hydrogen-bond acceptors (Lipinski definition) is 3. The predicted molar refractivity (Wildman–Crippen MR) is 54.1 cm³/mol. The molecule has 2 N–H and O–H groups in total. The third kappa shape index (κ3) is 1.44. The first-order valence-electron chi connectivity index (χ1n) is 4.61. The van der Waals surface area contributed by atoms with Crippen molar-refractivity contribution in [2.24, 2.45) is 5.73 Å². The van der Waals surface area contributed by atoms with Crippen molar-refractivity contribution in [3.63, 3.8) is 0 Å². The summed E-state index contributed by atoms with van der Waals surface area (Å²) in [4.78, 5) is 11.4. The molecule has 2 rings (SSSR count). The maximum atomic E-state index is 11.4. The van der Waals surface area contributed by atoms with Crippen molar-refractivity contribution in [3.8, 4) is 0 Å². The Morgan fingerprint density at radius 3 is 2.93 bits per heavy atom. The molecule has 74 valence electrons. The lowest BCUT2D eigenvalue weighted by Crippen LogP contribution is -2.16. The second kappa shape index (κ2) is 3.67. The normalized spacial score (nSPS) is 10.9. The molecule has 0 saturated heterocycles. The van der Waals surface area contributed by atoms with Crippen LogP contribution in [0.2, 0.25) is 0 Å². The highest BCUT2D eigenvalue weighted by molar-refractivity contribution is 5.72. The van der Waals surface area contributed by atoms with E-state index >= 15 is 0 Å². The van der Waals surface area contributed by atoms with E-state index in [-0.39, 0.29) is 5.76 Å². The van der Waals surface area contributed by atoms with Gasteiger partial charge in [0, 0.05) is 6.54 Å². The maximum Gasteiger partial charge on any atom is 0.419 e. The van der Waals surface area contributed by atoms with Gasteiger partial charge in [0.15, 0.2) is 5.58 Å². The van der Waals surface area contributed by atoms with Gasteiger partial charge in [-0.1, -0.05) is 12.1 Å². The summed E-state index contributed by atoms with van der Waals surface area (Å²) < 4.78 is 6.68. The van der Waals surface area contributed by atoms with Crippen LogP contribution in [0.1, 0.15) is 6.42 Å². The van der Waals surface area contributed by atoms with Crippen molar-refractivity contribution in [2.45, 2.75) is 13.0 Å². The number of oxazole rings is 1. The van der Waals surface area contributed by atoms with Crippen LogP contribution >= 0.6 is 0 Å². The first-order valence-corrected chi connectivity index (χ1v) is 4.61. The molecule has 0 amide bonds. The highest BCUT2D eigenvalue weighted by atomic mass is 16.4. The Balaban J connectivity index is 2.51. The summed E-state index contributed by atoms with van der Waals surface area (Å²) >= 11 is 0. The molecule has 0 saturated carbocycles. The summed E-state index contributed by atoms with van der Waals surface area (Å²) in [6, 6.07) is 7.39. The van der Waals surface area contributed by atoms with Crippen molar-refractivity contribution < 1.29 is 4.42 Å². The molecule has 1 aromatic heterocycles. The van der Waals surface area contributed by atoms with Crippen LogP contribution in [-0.4, -0.2) is 11.1 Å². The fraction of sp³-hybridized carbons (Fsp3) is 0.300. The minimum atomic E-state index is -0.306. The molecule has 0 aliphatic heterocycles. The predicted octanol–water partition coefficient (Wildman–Crippen LogP) is 0.943. The lowest BCUT2D eigenvalue weighted by Gasteiger charge is -1.98. The molecule has 0 radical (unpaired) electrons. The van der Waals surface area contributed by atoms with Crippen LogP contribution in [0, 0.1) is 0 Å². The highest BCUT2D eigenvalue weighted by Gasteiger charge is 2.06. The molecule has 0 unspecified atom stereocenters. The molecule has 4 nitrogen and oxygen atoms in total.